The van der Waals surface area contributed by atoms with Crippen LogP contribution in [0.3, 0.4) is 0 Å². The van der Waals surface area contributed by atoms with E-state index in [0.717, 1.165) is 43.6 Å². The van der Waals surface area contributed by atoms with Crippen molar-refractivity contribution >= 4 is 5.57 Å². The molecule has 2 aromatic carbocycles. The highest BCUT2D eigenvalue weighted by Crippen LogP contribution is 2.44. The molecular weight excluding hydrogens is 410 g/mol. The van der Waals surface area contributed by atoms with Gasteiger partial charge in [0.15, 0.2) is 11.6 Å². The zero-order valence-corrected chi connectivity index (χ0v) is 20.3. The second-order valence-corrected chi connectivity index (χ2v) is 9.98. The standard InChI is InChI=1S/C31H38F2/c1-3-5-6-7-22-8-10-24(11-9-22)25-12-14-26(15-13-25)27-16-18-28(19-17-27)29-21-20-23(4-2)30(32)31(29)33/h3,5,8-11,18,20-21,25-27H,4,6-7,12-17,19H2,1-2H3/b5-3+. The number of halogens is 2. The summed E-state index contributed by atoms with van der Waals surface area (Å²) >= 11 is 0. The summed E-state index contributed by atoms with van der Waals surface area (Å²) in [6, 6.07) is 12.9. The summed E-state index contributed by atoms with van der Waals surface area (Å²) in [6.07, 6.45) is 17.4. The molecular formula is C31H38F2. The van der Waals surface area contributed by atoms with E-state index in [1.807, 2.05) is 6.92 Å². The third kappa shape index (κ3) is 5.65. The van der Waals surface area contributed by atoms with Crippen molar-refractivity contribution in [1.29, 1.82) is 0 Å². The van der Waals surface area contributed by atoms with Crippen molar-refractivity contribution in [1.82, 2.24) is 0 Å². The van der Waals surface area contributed by atoms with Gasteiger partial charge in [0.05, 0.1) is 0 Å². The minimum absolute atomic E-state index is 0.464. The smallest absolute Gasteiger partial charge is 0.166 e. The van der Waals surface area contributed by atoms with E-state index in [0.29, 0.717) is 29.4 Å². The molecule has 2 aliphatic rings. The van der Waals surface area contributed by atoms with E-state index in [-0.39, 0.29) is 0 Å². The molecule has 33 heavy (non-hydrogen) atoms. The molecule has 0 radical (unpaired) electrons. The SMILES string of the molecule is C/C=C/CCc1ccc(C2CCC(C3CC=C(c4ccc(CC)c(F)c4F)CC3)CC2)cc1. The molecule has 0 amide bonds. The van der Waals surface area contributed by atoms with Gasteiger partial charge in [-0.3, -0.25) is 0 Å². The molecule has 0 nitrogen and oxygen atoms in total. The van der Waals surface area contributed by atoms with Crippen molar-refractivity contribution in [3.05, 3.63) is 88.5 Å². The van der Waals surface area contributed by atoms with Crippen LogP contribution in [0.4, 0.5) is 8.78 Å². The van der Waals surface area contributed by atoms with Gasteiger partial charge in [0.2, 0.25) is 0 Å². The Morgan fingerprint density at radius 2 is 1.64 bits per heavy atom. The van der Waals surface area contributed by atoms with Crippen molar-refractivity contribution in [3.63, 3.8) is 0 Å². The largest absolute Gasteiger partial charge is 0.203 e. The van der Waals surface area contributed by atoms with Gasteiger partial charge in [-0.05, 0) is 111 Å². The molecule has 2 aliphatic carbocycles. The van der Waals surface area contributed by atoms with Gasteiger partial charge in [0, 0.05) is 5.56 Å². The van der Waals surface area contributed by atoms with Gasteiger partial charge in [0.25, 0.3) is 0 Å². The van der Waals surface area contributed by atoms with Crippen LogP contribution in [0.2, 0.25) is 0 Å². The van der Waals surface area contributed by atoms with Crippen LogP contribution < -0.4 is 0 Å². The number of hydrogen-bond acceptors (Lipinski definition) is 0. The summed E-state index contributed by atoms with van der Waals surface area (Å²) < 4.78 is 28.8. The van der Waals surface area contributed by atoms with E-state index in [1.54, 1.807) is 12.1 Å². The van der Waals surface area contributed by atoms with Crippen molar-refractivity contribution in [3.8, 4) is 0 Å². The normalized spacial score (nSPS) is 23.6. The molecule has 2 heteroatoms. The molecule has 0 heterocycles. The van der Waals surface area contributed by atoms with Crippen LogP contribution in [-0.4, -0.2) is 0 Å². The molecule has 1 unspecified atom stereocenters. The lowest BCUT2D eigenvalue weighted by molar-refractivity contribution is 0.220. The van der Waals surface area contributed by atoms with Gasteiger partial charge in [-0.15, -0.1) is 0 Å². The fraction of sp³-hybridized carbons (Fsp3) is 0.484. The van der Waals surface area contributed by atoms with Gasteiger partial charge < -0.3 is 0 Å². The highest BCUT2D eigenvalue weighted by atomic mass is 19.2. The van der Waals surface area contributed by atoms with Crippen LogP contribution in [0.5, 0.6) is 0 Å². The summed E-state index contributed by atoms with van der Waals surface area (Å²) in [4.78, 5) is 0. The van der Waals surface area contributed by atoms with Crippen LogP contribution in [0.1, 0.15) is 93.4 Å². The zero-order chi connectivity index (χ0) is 23.2. The van der Waals surface area contributed by atoms with Crippen LogP contribution >= 0.6 is 0 Å². The zero-order valence-electron chi connectivity index (χ0n) is 20.3. The monoisotopic (exact) mass is 448 g/mol. The predicted molar refractivity (Wildman–Crippen MR) is 135 cm³/mol. The Labute approximate surface area is 198 Å². The summed E-state index contributed by atoms with van der Waals surface area (Å²) in [7, 11) is 0. The van der Waals surface area contributed by atoms with E-state index in [4.69, 9.17) is 0 Å². The van der Waals surface area contributed by atoms with Crippen molar-refractivity contribution in [2.24, 2.45) is 11.8 Å². The minimum Gasteiger partial charge on any atom is -0.203 e. The maximum absolute atomic E-state index is 14.6. The molecule has 176 valence electrons. The predicted octanol–water partition coefficient (Wildman–Crippen LogP) is 9.19. The molecule has 0 aromatic heterocycles. The van der Waals surface area contributed by atoms with Crippen LogP contribution in [0, 0.1) is 23.5 Å². The lowest BCUT2D eigenvalue weighted by Gasteiger charge is -2.35. The van der Waals surface area contributed by atoms with Gasteiger partial charge >= 0.3 is 0 Å². The summed E-state index contributed by atoms with van der Waals surface area (Å²) in [5.74, 6) is 0.819. The Bertz CT molecular complexity index is 975. The maximum Gasteiger partial charge on any atom is 0.166 e. The molecule has 1 fully saturated rings. The fourth-order valence-electron chi connectivity index (χ4n) is 5.93. The Morgan fingerprint density at radius 3 is 2.27 bits per heavy atom. The van der Waals surface area contributed by atoms with Gasteiger partial charge in [-0.25, -0.2) is 8.78 Å². The molecule has 4 rings (SSSR count). The van der Waals surface area contributed by atoms with E-state index in [2.05, 4.69) is 49.4 Å². The maximum atomic E-state index is 14.6. The van der Waals surface area contributed by atoms with Crippen LogP contribution in [0.25, 0.3) is 5.57 Å². The average Bonchev–Trinajstić information content (AvgIpc) is 2.87. The first-order valence-corrected chi connectivity index (χ1v) is 13.0. The fourth-order valence-corrected chi connectivity index (χ4v) is 5.93. The summed E-state index contributed by atoms with van der Waals surface area (Å²) in [6.45, 7) is 3.94. The van der Waals surface area contributed by atoms with E-state index >= 15 is 0 Å². The molecule has 2 aromatic rings. The molecule has 0 saturated heterocycles. The highest BCUT2D eigenvalue weighted by Gasteiger charge is 2.30. The first kappa shape index (κ1) is 23.9. The third-order valence-corrected chi connectivity index (χ3v) is 8.07. The summed E-state index contributed by atoms with van der Waals surface area (Å²) in [5, 5.41) is 0. The Kier molecular flexibility index (Phi) is 8.17. The van der Waals surface area contributed by atoms with E-state index in [1.165, 1.54) is 36.8 Å². The number of hydrogen-bond donors (Lipinski definition) is 0. The third-order valence-electron chi connectivity index (χ3n) is 8.07. The molecule has 1 saturated carbocycles. The minimum atomic E-state index is -0.665. The molecule has 0 bridgehead atoms. The Morgan fingerprint density at radius 1 is 0.879 bits per heavy atom. The molecule has 0 aliphatic heterocycles. The highest BCUT2D eigenvalue weighted by molar-refractivity contribution is 5.67. The number of allylic oxidation sites excluding steroid dienone is 4. The Balaban J connectivity index is 1.31. The summed E-state index contributed by atoms with van der Waals surface area (Å²) in [5.41, 5.74) is 4.86. The van der Waals surface area contributed by atoms with Gasteiger partial charge in [-0.1, -0.05) is 61.5 Å². The second-order valence-electron chi connectivity index (χ2n) is 9.98. The van der Waals surface area contributed by atoms with E-state index in [9.17, 15) is 8.78 Å². The van der Waals surface area contributed by atoms with Gasteiger partial charge in [-0.2, -0.15) is 0 Å². The number of aryl methyl sites for hydroxylation is 2. The molecule has 0 spiro atoms. The van der Waals surface area contributed by atoms with Crippen molar-refractivity contribution in [2.75, 3.05) is 0 Å². The topological polar surface area (TPSA) is 0 Å². The molecule has 1 atom stereocenters. The molecule has 0 N–H and O–H groups in total. The van der Waals surface area contributed by atoms with Gasteiger partial charge in [0.1, 0.15) is 0 Å². The van der Waals surface area contributed by atoms with Crippen LogP contribution in [-0.2, 0) is 12.8 Å². The Hall–Kier alpha value is -2.22. The quantitative estimate of drug-likeness (QED) is 0.370. The first-order valence-electron chi connectivity index (χ1n) is 13.0. The second kappa shape index (κ2) is 11.3. The number of rotatable bonds is 7. The van der Waals surface area contributed by atoms with Crippen molar-refractivity contribution in [2.45, 2.75) is 84.0 Å². The lowest BCUT2D eigenvalue weighted by atomic mass is 9.70. The average molecular weight is 449 g/mol. The first-order chi connectivity index (χ1) is 16.1. The number of benzene rings is 2. The van der Waals surface area contributed by atoms with Crippen LogP contribution in [0.15, 0.2) is 54.6 Å². The van der Waals surface area contributed by atoms with Crippen molar-refractivity contribution < 1.29 is 8.78 Å². The lowest BCUT2D eigenvalue weighted by Crippen LogP contribution is -2.22. The van der Waals surface area contributed by atoms with E-state index < -0.39 is 11.6 Å².